The third-order valence-electron chi connectivity index (χ3n) is 3.30. The number of aliphatic hydroxyl groups excluding tert-OH is 2. The summed E-state index contributed by atoms with van der Waals surface area (Å²) in [6.07, 6.45) is 0.544. The number of nitrogens with zero attached hydrogens (tertiary/aromatic N) is 1. The highest BCUT2D eigenvalue weighted by atomic mass is 16.3. The van der Waals surface area contributed by atoms with Crippen LogP contribution in [-0.2, 0) is 0 Å². The average molecular weight is 251 g/mol. The molecule has 1 rings (SSSR count). The lowest BCUT2D eigenvalue weighted by molar-refractivity contribution is 0.0998. The first-order valence-electron chi connectivity index (χ1n) is 6.67. The summed E-state index contributed by atoms with van der Waals surface area (Å²) in [5.74, 6) is 0. The average Bonchev–Trinajstić information content (AvgIpc) is 2.33. The van der Waals surface area contributed by atoms with E-state index in [1.54, 1.807) is 0 Å². The highest BCUT2D eigenvalue weighted by Crippen LogP contribution is 2.18. The molecule has 0 saturated carbocycles. The second-order valence-electron chi connectivity index (χ2n) is 4.88. The van der Waals surface area contributed by atoms with Crippen molar-refractivity contribution in [2.24, 2.45) is 0 Å². The van der Waals surface area contributed by atoms with E-state index in [0.717, 1.165) is 18.5 Å². The Bertz CT molecular complexity index is 360. The van der Waals surface area contributed by atoms with Crippen LogP contribution >= 0.6 is 0 Å². The normalized spacial score (nSPS) is 13.0. The van der Waals surface area contributed by atoms with E-state index in [1.807, 2.05) is 18.2 Å². The van der Waals surface area contributed by atoms with E-state index in [9.17, 15) is 5.11 Å². The number of aliphatic hydroxyl groups is 2. The predicted octanol–water partition coefficient (Wildman–Crippen LogP) is 2.04. The molecule has 1 aromatic carbocycles. The Balaban J connectivity index is 2.67. The van der Waals surface area contributed by atoms with Crippen LogP contribution in [-0.4, -0.2) is 41.4 Å². The van der Waals surface area contributed by atoms with Crippen molar-refractivity contribution in [2.45, 2.75) is 33.3 Å². The van der Waals surface area contributed by atoms with Crippen molar-refractivity contribution in [3.63, 3.8) is 0 Å². The Labute approximate surface area is 110 Å². The van der Waals surface area contributed by atoms with Crippen LogP contribution in [0.3, 0.4) is 0 Å². The molecule has 0 aromatic heterocycles. The van der Waals surface area contributed by atoms with Crippen molar-refractivity contribution in [3.8, 4) is 0 Å². The Morgan fingerprint density at radius 2 is 1.89 bits per heavy atom. The molecule has 0 spiro atoms. The first kappa shape index (κ1) is 15.2. The van der Waals surface area contributed by atoms with Crippen LogP contribution in [0, 0.1) is 13.8 Å². The van der Waals surface area contributed by atoms with E-state index >= 15 is 0 Å². The van der Waals surface area contributed by atoms with Gasteiger partial charge in [-0.25, -0.2) is 0 Å². The van der Waals surface area contributed by atoms with Crippen LogP contribution in [0.25, 0.3) is 0 Å². The van der Waals surface area contributed by atoms with Gasteiger partial charge in [-0.15, -0.1) is 0 Å². The molecule has 0 amide bonds. The molecule has 0 radical (unpaired) electrons. The van der Waals surface area contributed by atoms with Crippen molar-refractivity contribution < 1.29 is 10.2 Å². The SMILES string of the molecule is CCCN(CCO)C[C@@H](O)c1ccc(C)c(C)c1. The molecule has 0 fully saturated rings. The lowest BCUT2D eigenvalue weighted by atomic mass is 10.0. The van der Waals surface area contributed by atoms with Gasteiger partial charge in [0.2, 0.25) is 0 Å². The van der Waals surface area contributed by atoms with Gasteiger partial charge in [0.1, 0.15) is 0 Å². The third-order valence-corrected chi connectivity index (χ3v) is 3.30. The molecule has 102 valence electrons. The maximum absolute atomic E-state index is 10.2. The van der Waals surface area contributed by atoms with Crippen molar-refractivity contribution in [1.82, 2.24) is 4.90 Å². The number of rotatable bonds is 7. The zero-order chi connectivity index (χ0) is 13.5. The molecule has 18 heavy (non-hydrogen) atoms. The van der Waals surface area contributed by atoms with E-state index in [-0.39, 0.29) is 6.61 Å². The molecule has 3 nitrogen and oxygen atoms in total. The summed E-state index contributed by atoms with van der Waals surface area (Å²) < 4.78 is 0. The van der Waals surface area contributed by atoms with E-state index in [0.29, 0.717) is 13.1 Å². The van der Waals surface area contributed by atoms with Crippen LogP contribution in [0.5, 0.6) is 0 Å². The van der Waals surface area contributed by atoms with Crippen LogP contribution in [0.1, 0.15) is 36.1 Å². The topological polar surface area (TPSA) is 43.7 Å². The molecule has 2 N–H and O–H groups in total. The fourth-order valence-electron chi connectivity index (χ4n) is 2.07. The first-order chi connectivity index (χ1) is 8.58. The highest BCUT2D eigenvalue weighted by Gasteiger charge is 2.13. The molecule has 0 heterocycles. The first-order valence-corrected chi connectivity index (χ1v) is 6.67. The van der Waals surface area contributed by atoms with E-state index in [1.165, 1.54) is 11.1 Å². The van der Waals surface area contributed by atoms with Crippen molar-refractivity contribution in [2.75, 3.05) is 26.2 Å². The Kier molecular flexibility index (Phi) is 6.33. The molecule has 0 bridgehead atoms. The number of aryl methyl sites for hydroxylation is 2. The van der Waals surface area contributed by atoms with E-state index in [2.05, 4.69) is 25.7 Å². The Morgan fingerprint density at radius 1 is 1.17 bits per heavy atom. The van der Waals surface area contributed by atoms with E-state index in [4.69, 9.17) is 5.11 Å². The Hall–Kier alpha value is -0.900. The number of hydrogen-bond acceptors (Lipinski definition) is 3. The summed E-state index contributed by atoms with van der Waals surface area (Å²) in [4.78, 5) is 2.10. The maximum Gasteiger partial charge on any atom is 0.0917 e. The molecular formula is C15H25NO2. The van der Waals surface area contributed by atoms with Gasteiger partial charge in [-0.3, -0.25) is 4.90 Å². The quantitative estimate of drug-likeness (QED) is 0.779. The van der Waals surface area contributed by atoms with Crippen LogP contribution in [0.2, 0.25) is 0 Å². The molecule has 1 atom stereocenters. The second kappa shape index (κ2) is 7.52. The van der Waals surface area contributed by atoms with Crippen LogP contribution < -0.4 is 0 Å². The minimum Gasteiger partial charge on any atom is -0.395 e. The second-order valence-corrected chi connectivity index (χ2v) is 4.88. The smallest absolute Gasteiger partial charge is 0.0917 e. The molecular weight excluding hydrogens is 226 g/mol. The predicted molar refractivity (Wildman–Crippen MR) is 74.7 cm³/mol. The molecule has 0 unspecified atom stereocenters. The summed E-state index contributed by atoms with van der Waals surface area (Å²) in [6.45, 7) is 8.48. The summed E-state index contributed by atoms with van der Waals surface area (Å²) in [5.41, 5.74) is 3.40. The van der Waals surface area contributed by atoms with Crippen LogP contribution in [0.4, 0.5) is 0 Å². The van der Waals surface area contributed by atoms with Gasteiger partial charge in [-0.05, 0) is 43.5 Å². The van der Waals surface area contributed by atoms with Gasteiger partial charge in [-0.2, -0.15) is 0 Å². The zero-order valence-electron chi connectivity index (χ0n) is 11.7. The standard InChI is InChI=1S/C15H25NO2/c1-4-7-16(8-9-17)11-15(18)14-6-5-12(2)13(3)10-14/h5-6,10,15,17-18H,4,7-9,11H2,1-3H3/t15-/m1/s1. The molecule has 3 heteroatoms. The third kappa shape index (κ3) is 4.41. The van der Waals surface area contributed by atoms with Gasteiger partial charge in [-0.1, -0.05) is 25.1 Å². The van der Waals surface area contributed by atoms with Crippen molar-refractivity contribution in [1.29, 1.82) is 0 Å². The van der Waals surface area contributed by atoms with Gasteiger partial charge < -0.3 is 10.2 Å². The number of benzene rings is 1. The lowest BCUT2D eigenvalue weighted by Gasteiger charge is -2.24. The summed E-state index contributed by atoms with van der Waals surface area (Å²) in [7, 11) is 0. The lowest BCUT2D eigenvalue weighted by Crippen LogP contribution is -2.32. The fourth-order valence-corrected chi connectivity index (χ4v) is 2.07. The summed E-state index contributed by atoms with van der Waals surface area (Å²) in [5, 5.41) is 19.2. The van der Waals surface area contributed by atoms with Gasteiger partial charge in [0.15, 0.2) is 0 Å². The van der Waals surface area contributed by atoms with Crippen molar-refractivity contribution in [3.05, 3.63) is 34.9 Å². The monoisotopic (exact) mass is 251 g/mol. The van der Waals surface area contributed by atoms with Gasteiger partial charge in [0.25, 0.3) is 0 Å². The van der Waals surface area contributed by atoms with Crippen molar-refractivity contribution >= 4 is 0 Å². The van der Waals surface area contributed by atoms with E-state index < -0.39 is 6.10 Å². The molecule has 1 aromatic rings. The van der Waals surface area contributed by atoms with Crippen LogP contribution in [0.15, 0.2) is 18.2 Å². The highest BCUT2D eigenvalue weighted by molar-refractivity contribution is 5.31. The molecule has 0 aliphatic rings. The summed E-state index contributed by atoms with van der Waals surface area (Å²) >= 11 is 0. The fraction of sp³-hybridized carbons (Fsp3) is 0.600. The van der Waals surface area contributed by atoms with Gasteiger partial charge in [0.05, 0.1) is 12.7 Å². The zero-order valence-corrected chi connectivity index (χ0v) is 11.7. The Morgan fingerprint density at radius 3 is 2.44 bits per heavy atom. The maximum atomic E-state index is 10.2. The largest absolute Gasteiger partial charge is 0.395 e. The molecule has 0 aliphatic heterocycles. The molecule has 0 aliphatic carbocycles. The number of hydrogen-bond donors (Lipinski definition) is 2. The minimum absolute atomic E-state index is 0.139. The molecule has 0 saturated heterocycles. The van der Waals surface area contributed by atoms with Gasteiger partial charge in [0, 0.05) is 13.1 Å². The summed E-state index contributed by atoms with van der Waals surface area (Å²) in [6, 6.07) is 6.07. The van der Waals surface area contributed by atoms with Gasteiger partial charge >= 0.3 is 0 Å². The minimum atomic E-state index is -0.484.